The quantitative estimate of drug-likeness (QED) is 0.300. The third-order valence-electron chi connectivity index (χ3n) is 4.50. The van der Waals surface area contributed by atoms with E-state index in [1.165, 1.54) is 21.5 Å². The van der Waals surface area contributed by atoms with Crippen LogP contribution in [0.5, 0.6) is 0 Å². The van der Waals surface area contributed by atoms with Crippen LogP contribution in [0.25, 0.3) is 21.5 Å². The fourth-order valence-corrected chi connectivity index (χ4v) is 3.13. The number of fused-ring (bicyclic) bond motifs is 2. The Kier molecular flexibility index (Phi) is 5.75. The van der Waals surface area contributed by atoms with Crippen LogP contribution in [0, 0.1) is 0 Å². The van der Waals surface area contributed by atoms with Crippen molar-refractivity contribution in [2.45, 2.75) is 13.2 Å². The lowest BCUT2D eigenvalue weighted by Gasteiger charge is -2.08. The first-order valence-corrected chi connectivity index (χ1v) is 9.07. The van der Waals surface area contributed by atoms with Crippen molar-refractivity contribution in [3.8, 4) is 0 Å². The molecule has 0 aliphatic rings. The molecule has 0 N–H and O–H groups in total. The minimum absolute atomic E-state index is 0.213. The van der Waals surface area contributed by atoms with Crippen LogP contribution in [0.2, 0.25) is 0 Å². The molecule has 0 unspecified atom stereocenters. The summed E-state index contributed by atoms with van der Waals surface area (Å²) in [6.45, 7) is 1.47. The average Bonchev–Trinajstić information content (AvgIpc) is 2.73. The predicted molar refractivity (Wildman–Crippen MR) is 108 cm³/mol. The lowest BCUT2D eigenvalue weighted by atomic mass is 10.1. The highest BCUT2D eigenvalue weighted by Crippen LogP contribution is 2.17. The van der Waals surface area contributed by atoms with Crippen molar-refractivity contribution < 1.29 is 14.2 Å². The van der Waals surface area contributed by atoms with Crippen LogP contribution < -0.4 is 0 Å². The van der Waals surface area contributed by atoms with E-state index < -0.39 is 0 Å². The summed E-state index contributed by atoms with van der Waals surface area (Å²) in [6.07, 6.45) is 0. The number of ether oxygens (including phenoxy) is 3. The van der Waals surface area contributed by atoms with Gasteiger partial charge in [0.1, 0.15) is 13.6 Å². The lowest BCUT2D eigenvalue weighted by molar-refractivity contribution is -0.139. The number of rotatable bonds is 8. The van der Waals surface area contributed by atoms with Gasteiger partial charge in [0.15, 0.2) is 0 Å². The fourth-order valence-electron chi connectivity index (χ4n) is 3.13. The Morgan fingerprint density at radius 1 is 0.444 bits per heavy atom. The molecule has 3 heteroatoms. The van der Waals surface area contributed by atoms with Crippen molar-refractivity contribution in [3.05, 3.63) is 96.1 Å². The van der Waals surface area contributed by atoms with Gasteiger partial charge in [0, 0.05) is 0 Å². The highest BCUT2D eigenvalue weighted by Gasteiger charge is 1.99. The maximum absolute atomic E-state index is 5.58. The molecule has 0 bridgehead atoms. The third-order valence-corrected chi connectivity index (χ3v) is 4.50. The molecule has 0 spiro atoms. The summed E-state index contributed by atoms with van der Waals surface area (Å²) >= 11 is 0. The van der Waals surface area contributed by atoms with E-state index in [-0.39, 0.29) is 13.6 Å². The largest absolute Gasteiger partial charge is 0.351 e. The van der Waals surface area contributed by atoms with Crippen LogP contribution in [-0.2, 0) is 27.4 Å². The molecule has 27 heavy (non-hydrogen) atoms. The smallest absolute Gasteiger partial charge is 0.150 e. The summed E-state index contributed by atoms with van der Waals surface area (Å²) in [5.74, 6) is 0. The lowest BCUT2D eigenvalue weighted by Crippen LogP contribution is -2.05. The van der Waals surface area contributed by atoms with Crippen LogP contribution in [0.4, 0.5) is 0 Å². The Labute approximate surface area is 159 Å². The van der Waals surface area contributed by atoms with Gasteiger partial charge in [0.05, 0.1) is 13.2 Å². The zero-order valence-electron chi connectivity index (χ0n) is 15.1. The molecule has 136 valence electrons. The standard InChI is InChI=1S/C24H22O3/c1-3-7-23-13-19(9-11-21(23)5-1)15-25-17-27-18-26-16-20-10-12-22-6-2-4-8-24(22)14-20/h1-14H,15-18H2. The Balaban J connectivity index is 1.16. The zero-order valence-corrected chi connectivity index (χ0v) is 15.1. The van der Waals surface area contributed by atoms with E-state index in [0.717, 1.165) is 11.1 Å². The van der Waals surface area contributed by atoms with E-state index in [9.17, 15) is 0 Å². The second kappa shape index (κ2) is 8.78. The van der Waals surface area contributed by atoms with Gasteiger partial charge in [0.2, 0.25) is 0 Å². The molecule has 0 amide bonds. The molecular formula is C24H22O3. The molecule has 3 nitrogen and oxygen atoms in total. The highest BCUT2D eigenvalue weighted by molar-refractivity contribution is 5.83. The van der Waals surface area contributed by atoms with Crippen molar-refractivity contribution in [3.63, 3.8) is 0 Å². The van der Waals surface area contributed by atoms with E-state index in [1.54, 1.807) is 0 Å². The van der Waals surface area contributed by atoms with Gasteiger partial charge in [-0.05, 0) is 44.8 Å². The SMILES string of the molecule is c1ccc2cc(COCOCOCc3ccc4ccccc4c3)ccc2c1. The Morgan fingerprint density at radius 2 is 0.889 bits per heavy atom. The maximum Gasteiger partial charge on any atom is 0.150 e. The Hall–Kier alpha value is -2.72. The molecule has 4 aromatic carbocycles. The van der Waals surface area contributed by atoms with Crippen molar-refractivity contribution in [1.29, 1.82) is 0 Å². The summed E-state index contributed by atoms with van der Waals surface area (Å²) < 4.78 is 16.6. The molecular weight excluding hydrogens is 336 g/mol. The van der Waals surface area contributed by atoms with E-state index in [4.69, 9.17) is 14.2 Å². The fraction of sp³-hybridized carbons (Fsp3) is 0.167. The summed E-state index contributed by atoms with van der Waals surface area (Å²) in [4.78, 5) is 0. The predicted octanol–water partition coefficient (Wildman–Crippen LogP) is 5.66. The topological polar surface area (TPSA) is 27.7 Å². The third kappa shape index (κ3) is 4.72. The van der Waals surface area contributed by atoms with Crippen LogP contribution in [0.3, 0.4) is 0 Å². The minimum Gasteiger partial charge on any atom is -0.351 e. The summed E-state index contributed by atoms with van der Waals surface area (Å²) in [7, 11) is 0. The Morgan fingerprint density at radius 3 is 1.37 bits per heavy atom. The molecule has 0 aromatic heterocycles. The first-order valence-electron chi connectivity index (χ1n) is 9.07. The summed E-state index contributed by atoms with van der Waals surface area (Å²) in [5, 5.41) is 4.91. The van der Waals surface area contributed by atoms with Crippen molar-refractivity contribution >= 4 is 21.5 Å². The van der Waals surface area contributed by atoms with Gasteiger partial charge >= 0.3 is 0 Å². The van der Waals surface area contributed by atoms with Crippen LogP contribution >= 0.6 is 0 Å². The second-order valence-electron chi connectivity index (χ2n) is 6.50. The van der Waals surface area contributed by atoms with Gasteiger partial charge in [-0.15, -0.1) is 0 Å². The zero-order chi connectivity index (χ0) is 18.3. The van der Waals surface area contributed by atoms with Crippen molar-refractivity contribution in [2.75, 3.05) is 13.6 Å². The van der Waals surface area contributed by atoms with Crippen molar-refractivity contribution in [2.24, 2.45) is 0 Å². The summed E-state index contributed by atoms with van der Waals surface area (Å²) in [5.41, 5.74) is 2.27. The molecule has 0 radical (unpaired) electrons. The van der Waals surface area contributed by atoms with Gasteiger partial charge in [-0.2, -0.15) is 0 Å². The molecule has 0 fully saturated rings. The van der Waals surface area contributed by atoms with Crippen LogP contribution in [0.1, 0.15) is 11.1 Å². The molecule has 0 saturated heterocycles. The second-order valence-corrected chi connectivity index (χ2v) is 6.50. The van der Waals surface area contributed by atoms with Gasteiger partial charge in [-0.1, -0.05) is 72.8 Å². The molecule has 4 aromatic rings. The average molecular weight is 358 g/mol. The maximum atomic E-state index is 5.58. The highest BCUT2D eigenvalue weighted by atomic mass is 16.7. The minimum atomic E-state index is 0.213. The van der Waals surface area contributed by atoms with Gasteiger partial charge < -0.3 is 14.2 Å². The van der Waals surface area contributed by atoms with Crippen LogP contribution in [-0.4, -0.2) is 13.6 Å². The molecule has 4 rings (SSSR count). The van der Waals surface area contributed by atoms with Crippen LogP contribution in [0.15, 0.2) is 84.9 Å². The number of hydrogen-bond donors (Lipinski definition) is 0. The van der Waals surface area contributed by atoms with E-state index in [1.807, 2.05) is 24.3 Å². The van der Waals surface area contributed by atoms with E-state index >= 15 is 0 Å². The van der Waals surface area contributed by atoms with Gasteiger partial charge in [-0.3, -0.25) is 0 Å². The Bertz CT molecular complexity index is 943. The normalized spacial score (nSPS) is 11.3. The molecule has 0 aliphatic carbocycles. The summed E-state index contributed by atoms with van der Waals surface area (Å²) in [6, 6.07) is 29.3. The molecule has 0 atom stereocenters. The molecule has 0 saturated carbocycles. The van der Waals surface area contributed by atoms with Gasteiger partial charge in [-0.25, -0.2) is 0 Å². The monoisotopic (exact) mass is 358 g/mol. The number of benzene rings is 4. The molecule has 0 aliphatic heterocycles. The first-order chi connectivity index (χ1) is 13.4. The first kappa shape index (κ1) is 17.7. The van der Waals surface area contributed by atoms with Gasteiger partial charge in [0.25, 0.3) is 0 Å². The van der Waals surface area contributed by atoms with E-state index in [2.05, 4.69) is 60.7 Å². The number of hydrogen-bond acceptors (Lipinski definition) is 3. The van der Waals surface area contributed by atoms with E-state index in [0.29, 0.717) is 13.2 Å². The van der Waals surface area contributed by atoms with Crippen molar-refractivity contribution in [1.82, 2.24) is 0 Å². The molecule has 0 heterocycles.